The first kappa shape index (κ1) is 18.6. The molecule has 1 aliphatic carbocycles. The number of amides is 1. The predicted octanol–water partition coefficient (Wildman–Crippen LogP) is 3.18. The van der Waals surface area contributed by atoms with Crippen LogP contribution in [-0.4, -0.2) is 25.2 Å². The lowest BCUT2D eigenvalue weighted by atomic mass is 9.85. The SMILES string of the molecule is CCOc1ccc(C(C)NC(=O)C2CCCC(N)C2)cc1OCC. The maximum Gasteiger partial charge on any atom is 0.223 e. The van der Waals surface area contributed by atoms with Crippen LogP contribution in [0.25, 0.3) is 0 Å². The number of ether oxygens (including phenoxy) is 2. The molecule has 5 heteroatoms. The van der Waals surface area contributed by atoms with Crippen LogP contribution in [0, 0.1) is 5.92 Å². The summed E-state index contributed by atoms with van der Waals surface area (Å²) in [5, 5.41) is 3.12. The highest BCUT2D eigenvalue weighted by molar-refractivity contribution is 5.79. The lowest BCUT2D eigenvalue weighted by Crippen LogP contribution is -2.38. The van der Waals surface area contributed by atoms with Gasteiger partial charge in [0.2, 0.25) is 5.91 Å². The molecular formula is C19H30N2O3. The van der Waals surface area contributed by atoms with Gasteiger partial charge in [-0.1, -0.05) is 12.5 Å². The fourth-order valence-corrected chi connectivity index (χ4v) is 3.22. The summed E-state index contributed by atoms with van der Waals surface area (Å²) in [5.41, 5.74) is 7.00. The Morgan fingerprint density at radius 3 is 2.62 bits per heavy atom. The lowest BCUT2D eigenvalue weighted by molar-refractivity contribution is -0.126. The van der Waals surface area contributed by atoms with Crippen molar-refractivity contribution in [1.82, 2.24) is 5.32 Å². The largest absolute Gasteiger partial charge is 0.490 e. The van der Waals surface area contributed by atoms with Gasteiger partial charge in [0.05, 0.1) is 19.3 Å². The molecule has 3 atom stereocenters. The summed E-state index contributed by atoms with van der Waals surface area (Å²) in [6.07, 6.45) is 3.77. The van der Waals surface area contributed by atoms with Crippen molar-refractivity contribution >= 4 is 5.91 Å². The molecule has 2 rings (SSSR count). The Bertz CT molecular complexity index is 547. The minimum atomic E-state index is -0.0782. The van der Waals surface area contributed by atoms with Gasteiger partial charge in [-0.2, -0.15) is 0 Å². The van der Waals surface area contributed by atoms with E-state index in [-0.39, 0.29) is 23.9 Å². The topological polar surface area (TPSA) is 73.6 Å². The van der Waals surface area contributed by atoms with Gasteiger partial charge in [0.1, 0.15) is 0 Å². The molecule has 1 aromatic carbocycles. The van der Waals surface area contributed by atoms with E-state index >= 15 is 0 Å². The normalized spacial score (nSPS) is 21.8. The quantitative estimate of drug-likeness (QED) is 0.803. The summed E-state index contributed by atoms with van der Waals surface area (Å²) in [4.78, 5) is 12.5. The van der Waals surface area contributed by atoms with Crippen molar-refractivity contribution in [3.63, 3.8) is 0 Å². The second kappa shape index (κ2) is 8.92. The van der Waals surface area contributed by atoms with E-state index in [1.807, 2.05) is 39.0 Å². The number of carbonyl (C=O) groups excluding carboxylic acids is 1. The maximum absolute atomic E-state index is 12.5. The molecule has 1 aliphatic rings. The highest BCUT2D eigenvalue weighted by Gasteiger charge is 2.26. The molecule has 1 fully saturated rings. The van der Waals surface area contributed by atoms with Gasteiger partial charge in [-0.3, -0.25) is 4.79 Å². The average Bonchev–Trinajstić information content (AvgIpc) is 2.56. The highest BCUT2D eigenvalue weighted by Crippen LogP contribution is 2.31. The van der Waals surface area contributed by atoms with Crippen LogP contribution in [0.5, 0.6) is 11.5 Å². The first-order chi connectivity index (χ1) is 11.5. The van der Waals surface area contributed by atoms with Gasteiger partial charge in [0, 0.05) is 12.0 Å². The maximum atomic E-state index is 12.5. The number of nitrogens with one attached hydrogen (secondary N) is 1. The van der Waals surface area contributed by atoms with Crippen molar-refractivity contribution in [3.8, 4) is 11.5 Å². The molecule has 1 aromatic rings. The van der Waals surface area contributed by atoms with Crippen LogP contribution in [0.1, 0.15) is 58.1 Å². The molecule has 1 saturated carbocycles. The molecule has 3 N–H and O–H groups in total. The van der Waals surface area contributed by atoms with E-state index in [1.54, 1.807) is 0 Å². The van der Waals surface area contributed by atoms with E-state index in [4.69, 9.17) is 15.2 Å². The molecular weight excluding hydrogens is 304 g/mol. The average molecular weight is 334 g/mol. The van der Waals surface area contributed by atoms with Crippen LogP contribution in [0.2, 0.25) is 0 Å². The van der Waals surface area contributed by atoms with Crippen molar-refractivity contribution in [3.05, 3.63) is 23.8 Å². The molecule has 5 nitrogen and oxygen atoms in total. The molecule has 3 unspecified atom stereocenters. The number of hydrogen-bond acceptors (Lipinski definition) is 4. The minimum Gasteiger partial charge on any atom is -0.490 e. The Morgan fingerprint density at radius 2 is 1.96 bits per heavy atom. The van der Waals surface area contributed by atoms with Crippen molar-refractivity contribution in [2.24, 2.45) is 11.7 Å². The molecule has 0 heterocycles. The van der Waals surface area contributed by atoms with E-state index in [0.29, 0.717) is 13.2 Å². The summed E-state index contributed by atoms with van der Waals surface area (Å²) >= 11 is 0. The van der Waals surface area contributed by atoms with Crippen LogP contribution >= 0.6 is 0 Å². The van der Waals surface area contributed by atoms with Crippen LogP contribution in [-0.2, 0) is 4.79 Å². The molecule has 0 aliphatic heterocycles. The highest BCUT2D eigenvalue weighted by atomic mass is 16.5. The molecule has 0 aromatic heterocycles. The second-order valence-electron chi connectivity index (χ2n) is 6.43. The molecule has 0 radical (unpaired) electrons. The number of carbonyl (C=O) groups is 1. The van der Waals surface area contributed by atoms with Crippen molar-refractivity contribution in [1.29, 1.82) is 0 Å². The third-order valence-electron chi connectivity index (χ3n) is 4.51. The third kappa shape index (κ3) is 4.87. The zero-order valence-electron chi connectivity index (χ0n) is 15.0. The smallest absolute Gasteiger partial charge is 0.223 e. The zero-order chi connectivity index (χ0) is 17.5. The molecule has 1 amide bonds. The van der Waals surface area contributed by atoms with E-state index in [0.717, 1.165) is 42.7 Å². The Kier molecular flexibility index (Phi) is 6.91. The van der Waals surface area contributed by atoms with E-state index in [9.17, 15) is 4.79 Å². The fraction of sp³-hybridized carbons (Fsp3) is 0.632. The number of nitrogens with two attached hydrogens (primary N) is 1. The van der Waals surface area contributed by atoms with Crippen molar-refractivity contribution in [2.45, 2.75) is 58.5 Å². The van der Waals surface area contributed by atoms with Crippen molar-refractivity contribution < 1.29 is 14.3 Å². The lowest BCUT2D eigenvalue weighted by Gasteiger charge is -2.27. The van der Waals surface area contributed by atoms with Gasteiger partial charge in [-0.25, -0.2) is 0 Å². The van der Waals surface area contributed by atoms with Gasteiger partial charge in [0.15, 0.2) is 11.5 Å². The number of benzene rings is 1. The van der Waals surface area contributed by atoms with Crippen LogP contribution in [0.3, 0.4) is 0 Å². The molecule has 0 bridgehead atoms. The van der Waals surface area contributed by atoms with Gasteiger partial charge in [0.25, 0.3) is 0 Å². The summed E-state index contributed by atoms with van der Waals surface area (Å²) in [6.45, 7) is 7.05. The van der Waals surface area contributed by atoms with Gasteiger partial charge >= 0.3 is 0 Å². The Labute approximate surface area is 144 Å². The monoisotopic (exact) mass is 334 g/mol. The zero-order valence-corrected chi connectivity index (χ0v) is 15.0. The second-order valence-corrected chi connectivity index (χ2v) is 6.43. The predicted molar refractivity (Wildman–Crippen MR) is 95.3 cm³/mol. The Balaban J connectivity index is 2.04. The van der Waals surface area contributed by atoms with E-state index < -0.39 is 0 Å². The van der Waals surface area contributed by atoms with E-state index in [1.165, 1.54) is 0 Å². The van der Waals surface area contributed by atoms with Gasteiger partial charge in [-0.05, 0) is 57.7 Å². The molecule has 134 valence electrons. The van der Waals surface area contributed by atoms with Crippen molar-refractivity contribution in [2.75, 3.05) is 13.2 Å². The fourth-order valence-electron chi connectivity index (χ4n) is 3.22. The van der Waals surface area contributed by atoms with Gasteiger partial charge in [-0.15, -0.1) is 0 Å². The standard InChI is InChI=1S/C19H30N2O3/c1-4-23-17-10-9-14(12-18(17)24-5-2)13(3)21-19(22)15-7-6-8-16(20)11-15/h9-10,12-13,15-16H,4-8,11,20H2,1-3H3,(H,21,22). The minimum absolute atomic E-state index is 0.0326. The molecule has 0 spiro atoms. The molecule has 0 saturated heterocycles. The first-order valence-corrected chi connectivity index (χ1v) is 9.00. The van der Waals surface area contributed by atoms with Crippen LogP contribution in [0.4, 0.5) is 0 Å². The van der Waals surface area contributed by atoms with Gasteiger partial charge < -0.3 is 20.5 Å². The van der Waals surface area contributed by atoms with E-state index in [2.05, 4.69) is 5.32 Å². The van der Waals surface area contributed by atoms with Crippen LogP contribution in [0.15, 0.2) is 18.2 Å². The van der Waals surface area contributed by atoms with Crippen LogP contribution < -0.4 is 20.5 Å². The summed E-state index contributed by atoms with van der Waals surface area (Å²) in [6, 6.07) is 5.91. The first-order valence-electron chi connectivity index (χ1n) is 9.00. The Morgan fingerprint density at radius 1 is 1.25 bits per heavy atom. The summed E-state index contributed by atoms with van der Waals surface area (Å²) < 4.78 is 11.2. The summed E-state index contributed by atoms with van der Waals surface area (Å²) in [7, 11) is 0. The molecule has 24 heavy (non-hydrogen) atoms. The number of rotatable bonds is 7. The number of hydrogen-bond donors (Lipinski definition) is 2. The Hall–Kier alpha value is -1.75. The summed E-state index contributed by atoms with van der Waals surface area (Å²) in [5.74, 6) is 1.59. The third-order valence-corrected chi connectivity index (χ3v) is 4.51.